The molecule has 4 heteroatoms. The molecule has 17 heavy (non-hydrogen) atoms. The first-order chi connectivity index (χ1) is 7.60. The number of thioether (sulfide) groups is 1. The molecule has 0 bridgehead atoms. The quantitative estimate of drug-likeness (QED) is 0.569. The molecule has 0 saturated carbocycles. The smallest absolute Gasteiger partial charge is 0.272 e. The minimum Gasteiger partial charge on any atom is -0.272 e. The summed E-state index contributed by atoms with van der Waals surface area (Å²) in [7, 11) is 1.48. The van der Waals surface area contributed by atoms with E-state index in [0.717, 1.165) is 22.2 Å². The Kier molecular flexibility index (Phi) is 6.28. The lowest BCUT2D eigenvalue weighted by molar-refractivity contribution is -0.121. The molecule has 0 radical (unpaired) electrons. The fourth-order valence-electron chi connectivity index (χ4n) is 1.10. The van der Waals surface area contributed by atoms with Gasteiger partial charge in [-0.1, -0.05) is 38.3 Å². The molecular formula is C13H17NO2S. The van der Waals surface area contributed by atoms with Gasteiger partial charge in [0.15, 0.2) is 0 Å². The van der Waals surface area contributed by atoms with Crippen LogP contribution in [0.1, 0.15) is 14.4 Å². The summed E-state index contributed by atoms with van der Waals surface area (Å²) in [5.41, 5.74) is 0.874. The summed E-state index contributed by atoms with van der Waals surface area (Å²) in [4.78, 5) is 24.4. The van der Waals surface area contributed by atoms with Crippen LogP contribution in [0.4, 0.5) is 4.79 Å². The first kappa shape index (κ1) is 15.4. The standard InChI is InChI=1S/C12H13NO2S.CH4/c1-4-6-7-9(5-2)8-10-11(14)13(3)12(15)16-10;/h4-8H,1H2,2-3H3;1H4/b7-6-,9-5+,10-8+;. The van der Waals surface area contributed by atoms with Crippen LogP contribution in [-0.2, 0) is 4.79 Å². The van der Waals surface area contributed by atoms with Crippen LogP contribution >= 0.6 is 11.8 Å². The minimum atomic E-state index is -0.249. The van der Waals surface area contributed by atoms with E-state index >= 15 is 0 Å². The van der Waals surface area contributed by atoms with Gasteiger partial charge in [-0.25, -0.2) is 0 Å². The summed E-state index contributed by atoms with van der Waals surface area (Å²) in [6.45, 7) is 5.44. The SMILES string of the molecule is C.C=C\C=C/C(=C\C)/C=C1/SC(=O)N(C)C1=O. The molecule has 1 aliphatic rings. The number of rotatable bonds is 3. The van der Waals surface area contributed by atoms with Crippen LogP contribution in [0.3, 0.4) is 0 Å². The van der Waals surface area contributed by atoms with Gasteiger partial charge in [0.25, 0.3) is 11.1 Å². The van der Waals surface area contributed by atoms with Crippen LogP contribution in [-0.4, -0.2) is 23.1 Å². The molecule has 1 saturated heterocycles. The molecule has 3 nitrogen and oxygen atoms in total. The van der Waals surface area contributed by atoms with Crippen molar-refractivity contribution < 1.29 is 9.59 Å². The number of amides is 2. The maximum atomic E-state index is 11.6. The molecule has 0 aromatic carbocycles. The fourth-order valence-corrected chi connectivity index (χ4v) is 1.93. The van der Waals surface area contributed by atoms with Gasteiger partial charge in [-0.15, -0.1) is 0 Å². The van der Waals surface area contributed by atoms with Crippen LogP contribution in [0.15, 0.2) is 47.4 Å². The van der Waals surface area contributed by atoms with Crippen molar-refractivity contribution in [3.8, 4) is 0 Å². The van der Waals surface area contributed by atoms with E-state index in [4.69, 9.17) is 0 Å². The number of imide groups is 1. The van der Waals surface area contributed by atoms with Gasteiger partial charge in [0.1, 0.15) is 0 Å². The van der Waals surface area contributed by atoms with E-state index in [-0.39, 0.29) is 18.6 Å². The van der Waals surface area contributed by atoms with Gasteiger partial charge in [0, 0.05) is 7.05 Å². The van der Waals surface area contributed by atoms with Gasteiger partial charge in [0.2, 0.25) is 0 Å². The van der Waals surface area contributed by atoms with E-state index in [0.29, 0.717) is 4.91 Å². The van der Waals surface area contributed by atoms with E-state index in [9.17, 15) is 9.59 Å². The summed E-state index contributed by atoms with van der Waals surface area (Å²) >= 11 is 0.957. The summed E-state index contributed by atoms with van der Waals surface area (Å²) in [5, 5.41) is -0.237. The monoisotopic (exact) mass is 251 g/mol. The lowest BCUT2D eigenvalue weighted by Gasteiger charge is -2.00. The van der Waals surface area contributed by atoms with Crippen molar-refractivity contribution in [3.05, 3.63) is 47.4 Å². The first-order valence-corrected chi connectivity index (χ1v) is 5.58. The fraction of sp³-hybridized carbons (Fsp3) is 0.231. The zero-order chi connectivity index (χ0) is 12.1. The average molecular weight is 251 g/mol. The van der Waals surface area contributed by atoms with Gasteiger partial charge in [0.05, 0.1) is 4.91 Å². The lowest BCUT2D eigenvalue weighted by atomic mass is 10.2. The number of allylic oxidation sites excluding steroid dienone is 6. The van der Waals surface area contributed by atoms with Crippen molar-refractivity contribution in [3.63, 3.8) is 0 Å². The molecule has 92 valence electrons. The number of hydrogen-bond acceptors (Lipinski definition) is 3. The molecule has 0 aromatic heterocycles. The van der Waals surface area contributed by atoms with Gasteiger partial charge in [-0.3, -0.25) is 14.5 Å². The van der Waals surface area contributed by atoms with Gasteiger partial charge < -0.3 is 0 Å². The predicted molar refractivity (Wildman–Crippen MR) is 73.7 cm³/mol. The van der Waals surface area contributed by atoms with Crippen molar-refractivity contribution in [1.29, 1.82) is 0 Å². The molecular weight excluding hydrogens is 234 g/mol. The Labute approximate surface area is 107 Å². The Hall–Kier alpha value is -1.55. The Balaban J connectivity index is 0.00000256. The summed E-state index contributed by atoms with van der Waals surface area (Å²) in [5.74, 6) is -0.249. The molecule has 0 spiro atoms. The van der Waals surface area contributed by atoms with Crippen molar-refractivity contribution in [2.75, 3.05) is 7.05 Å². The van der Waals surface area contributed by atoms with Crippen LogP contribution in [0.5, 0.6) is 0 Å². The molecule has 1 heterocycles. The highest BCUT2D eigenvalue weighted by Crippen LogP contribution is 2.30. The molecule has 0 aromatic rings. The van der Waals surface area contributed by atoms with Crippen LogP contribution < -0.4 is 0 Å². The first-order valence-electron chi connectivity index (χ1n) is 4.77. The third-order valence-electron chi connectivity index (χ3n) is 2.04. The van der Waals surface area contributed by atoms with E-state index in [1.165, 1.54) is 7.05 Å². The molecule has 1 aliphatic heterocycles. The number of carbonyl (C=O) groups is 2. The van der Waals surface area contributed by atoms with Crippen molar-refractivity contribution in [1.82, 2.24) is 4.90 Å². The highest BCUT2D eigenvalue weighted by molar-refractivity contribution is 8.18. The van der Waals surface area contributed by atoms with Crippen molar-refractivity contribution in [2.24, 2.45) is 0 Å². The Bertz CT molecular complexity index is 419. The average Bonchev–Trinajstić information content (AvgIpc) is 2.52. The second-order valence-electron chi connectivity index (χ2n) is 3.12. The second kappa shape index (κ2) is 6.91. The molecule has 2 amide bonds. The highest BCUT2D eigenvalue weighted by Gasteiger charge is 2.31. The minimum absolute atomic E-state index is 0. The maximum absolute atomic E-state index is 11.6. The Morgan fingerprint density at radius 3 is 2.47 bits per heavy atom. The molecule has 1 fully saturated rings. The van der Waals surface area contributed by atoms with Crippen LogP contribution in [0, 0.1) is 0 Å². The number of nitrogens with zero attached hydrogens (tertiary/aromatic N) is 1. The maximum Gasteiger partial charge on any atom is 0.293 e. The van der Waals surface area contributed by atoms with E-state index in [1.807, 2.05) is 19.1 Å². The highest BCUT2D eigenvalue weighted by atomic mass is 32.2. The van der Waals surface area contributed by atoms with Gasteiger partial charge >= 0.3 is 0 Å². The number of carbonyl (C=O) groups excluding carboxylic acids is 2. The molecule has 0 unspecified atom stereocenters. The Morgan fingerprint density at radius 2 is 2.06 bits per heavy atom. The summed E-state index contributed by atoms with van der Waals surface area (Å²) < 4.78 is 0. The molecule has 0 aliphatic carbocycles. The Morgan fingerprint density at radius 1 is 1.41 bits per heavy atom. The molecule has 1 rings (SSSR count). The summed E-state index contributed by atoms with van der Waals surface area (Å²) in [6.07, 6.45) is 8.83. The topological polar surface area (TPSA) is 37.4 Å². The molecule has 0 atom stereocenters. The zero-order valence-electron chi connectivity index (χ0n) is 9.27. The second-order valence-corrected chi connectivity index (χ2v) is 4.12. The number of hydrogen-bond donors (Lipinski definition) is 0. The van der Waals surface area contributed by atoms with E-state index in [1.54, 1.807) is 18.2 Å². The predicted octanol–water partition coefficient (Wildman–Crippen LogP) is 3.52. The van der Waals surface area contributed by atoms with Crippen molar-refractivity contribution >= 4 is 22.9 Å². The van der Waals surface area contributed by atoms with Crippen LogP contribution in [0.2, 0.25) is 0 Å². The third-order valence-corrected chi connectivity index (χ3v) is 3.00. The van der Waals surface area contributed by atoms with E-state index < -0.39 is 0 Å². The van der Waals surface area contributed by atoms with Gasteiger partial charge in [-0.2, -0.15) is 0 Å². The molecule has 0 N–H and O–H groups in total. The normalized spacial score (nSPS) is 19.1. The summed E-state index contributed by atoms with van der Waals surface area (Å²) in [6, 6.07) is 0. The van der Waals surface area contributed by atoms with Crippen LogP contribution in [0.25, 0.3) is 0 Å². The van der Waals surface area contributed by atoms with E-state index in [2.05, 4.69) is 6.58 Å². The zero-order valence-corrected chi connectivity index (χ0v) is 10.1. The number of likely N-dealkylation sites (N-methyl/N-ethyl adjacent to an activating group) is 1. The van der Waals surface area contributed by atoms with Gasteiger partial charge in [-0.05, 0) is 30.3 Å². The van der Waals surface area contributed by atoms with Crippen molar-refractivity contribution in [2.45, 2.75) is 14.4 Å². The largest absolute Gasteiger partial charge is 0.293 e. The third kappa shape index (κ3) is 3.75. The lowest BCUT2D eigenvalue weighted by Crippen LogP contribution is -2.22.